The van der Waals surface area contributed by atoms with Crippen LogP contribution in [0.4, 0.5) is 0 Å². The zero-order chi connectivity index (χ0) is 18.7. The van der Waals surface area contributed by atoms with Crippen LogP contribution in [0.3, 0.4) is 0 Å². The highest BCUT2D eigenvalue weighted by Gasteiger charge is 2.35. The number of benzene rings is 2. The van der Waals surface area contributed by atoms with Crippen LogP contribution in [0.5, 0.6) is 0 Å². The Morgan fingerprint density at radius 3 is 2.52 bits per heavy atom. The molecule has 1 amide bonds. The molecular formula is C22H23N3O2. The van der Waals surface area contributed by atoms with Crippen LogP contribution < -0.4 is 10.9 Å². The molecule has 0 bridgehead atoms. The maximum absolute atomic E-state index is 12.6. The van der Waals surface area contributed by atoms with Gasteiger partial charge in [-0.1, -0.05) is 55.3 Å². The topological polar surface area (TPSA) is 64.0 Å². The van der Waals surface area contributed by atoms with E-state index >= 15 is 0 Å². The van der Waals surface area contributed by atoms with Gasteiger partial charge >= 0.3 is 0 Å². The number of fused-ring (bicyclic) bond motifs is 1. The van der Waals surface area contributed by atoms with Gasteiger partial charge in [-0.15, -0.1) is 0 Å². The van der Waals surface area contributed by atoms with E-state index in [2.05, 4.69) is 34.6 Å². The number of nitrogens with zero attached hydrogens (tertiary/aromatic N) is 2. The molecule has 0 saturated heterocycles. The van der Waals surface area contributed by atoms with Gasteiger partial charge in [0.2, 0.25) is 5.91 Å². The van der Waals surface area contributed by atoms with E-state index in [1.165, 1.54) is 29.2 Å². The van der Waals surface area contributed by atoms with Crippen molar-refractivity contribution in [2.75, 3.05) is 6.54 Å². The second kappa shape index (κ2) is 7.35. The van der Waals surface area contributed by atoms with Crippen molar-refractivity contribution in [2.45, 2.75) is 37.6 Å². The van der Waals surface area contributed by atoms with E-state index in [0.717, 1.165) is 12.8 Å². The third-order valence-corrected chi connectivity index (χ3v) is 5.63. The van der Waals surface area contributed by atoms with Gasteiger partial charge in [-0.05, 0) is 30.5 Å². The molecule has 0 spiro atoms. The van der Waals surface area contributed by atoms with Crippen molar-refractivity contribution in [3.63, 3.8) is 0 Å². The molecular weight excluding hydrogens is 338 g/mol. The lowest BCUT2D eigenvalue weighted by Crippen LogP contribution is -2.41. The van der Waals surface area contributed by atoms with Crippen LogP contribution in [0.15, 0.2) is 65.6 Å². The van der Waals surface area contributed by atoms with Crippen LogP contribution in [-0.4, -0.2) is 22.0 Å². The van der Waals surface area contributed by atoms with Gasteiger partial charge < -0.3 is 5.32 Å². The van der Waals surface area contributed by atoms with E-state index < -0.39 is 0 Å². The molecule has 1 aromatic heterocycles. The van der Waals surface area contributed by atoms with E-state index in [-0.39, 0.29) is 23.4 Å². The first kappa shape index (κ1) is 17.5. The van der Waals surface area contributed by atoms with Gasteiger partial charge in [-0.3, -0.25) is 14.2 Å². The Hall–Kier alpha value is -2.95. The summed E-state index contributed by atoms with van der Waals surface area (Å²) < 4.78 is 1.49. The van der Waals surface area contributed by atoms with E-state index in [1.54, 1.807) is 0 Å². The third-order valence-electron chi connectivity index (χ3n) is 5.63. The molecule has 5 heteroatoms. The van der Waals surface area contributed by atoms with Gasteiger partial charge in [-0.2, -0.15) is 0 Å². The molecule has 1 N–H and O–H groups in total. The molecule has 1 aliphatic rings. The van der Waals surface area contributed by atoms with Crippen molar-refractivity contribution < 1.29 is 4.79 Å². The van der Waals surface area contributed by atoms with Crippen LogP contribution >= 0.6 is 0 Å². The van der Waals surface area contributed by atoms with Crippen molar-refractivity contribution in [3.05, 3.63) is 76.7 Å². The first-order valence-corrected chi connectivity index (χ1v) is 9.45. The zero-order valence-corrected chi connectivity index (χ0v) is 15.2. The first-order chi connectivity index (χ1) is 13.2. The van der Waals surface area contributed by atoms with Crippen LogP contribution in [-0.2, 0) is 16.8 Å². The predicted octanol–water partition coefficient (Wildman–Crippen LogP) is 3.02. The minimum Gasteiger partial charge on any atom is -0.354 e. The molecule has 5 nitrogen and oxygen atoms in total. The lowest BCUT2D eigenvalue weighted by Gasteiger charge is -2.30. The summed E-state index contributed by atoms with van der Waals surface area (Å²) in [5.41, 5.74) is 2.42. The molecule has 0 unspecified atom stereocenters. The van der Waals surface area contributed by atoms with E-state index in [9.17, 15) is 9.59 Å². The summed E-state index contributed by atoms with van der Waals surface area (Å²) in [7, 11) is 0. The van der Waals surface area contributed by atoms with Gasteiger partial charge in [0.1, 0.15) is 6.54 Å². The van der Waals surface area contributed by atoms with Crippen molar-refractivity contribution in [1.82, 2.24) is 14.9 Å². The van der Waals surface area contributed by atoms with Gasteiger partial charge in [0, 0.05) is 12.0 Å². The average Bonchev–Trinajstić information content (AvgIpc) is 3.20. The summed E-state index contributed by atoms with van der Waals surface area (Å²) in [5.74, 6) is -0.143. The molecule has 1 fully saturated rings. The molecule has 0 atom stereocenters. The van der Waals surface area contributed by atoms with Gasteiger partial charge in [0.25, 0.3) is 5.56 Å². The van der Waals surface area contributed by atoms with Crippen LogP contribution in [0.25, 0.3) is 11.0 Å². The quantitative estimate of drug-likeness (QED) is 0.760. The van der Waals surface area contributed by atoms with Crippen LogP contribution in [0.1, 0.15) is 31.2 Å². The van der Waals surface area contributed by atoms with Crippen LogP contribution in [0, 0.1) is 0 Å². The van der Waals surface area contributed by atoms with Crippen LogP contribution in [0.2, 0.25) is 0 Å². The Labute approximate surface area is 158 Å². The van der Waals surface area contributed by atoms with Gasteiger partial charge in [-0.25, -0.2) is 4.98 Å². The second-order valence-corrected chi connectivity index (χ2v) is 7.30. The SMILES string of the molecule is O=C(Cn1c(=O)cnc2ccccc21)NCC1(c2ccccc2)CCCC1. The molecule has 27 heavy (non-hydrogen) atoms. The minimum absolute atomic E-state index is 0.00218. The lowest BCUT2D eigenvalue weighted by molar-refractivity contribution is -0.121. The molecule has 4 rings (SSSR count). The second-order valence-electron chi connectivity index (χ2n) is 7.30. The average molecular weight is 361 g/mol. The summed E-state index contributed by atoms with van der Waals surface area (Å²) in [6, 6.07) is 17.8. The number of hydrogen-bond acceptors (Lipinski definition) is 3. The number of rotatable bonds is 5. The third kappa shape index (κ3) is 3.50. The Bertz CT molecular complexity index is 1000. The molecule has 1 heterocycles. The predicted molar refractivity (Wildman–Crippen MR) is 106 cm³/mol. The Morgan fingerprint density at radius 1 is 1.04 bits per heavy atom. The fourth-order valence-electron chi connectivity index (χ4n) is 4.16. The van der Waals surface area contributed by atoms with Gasteiger partial charge in [0.15, 0.2) is 0 Å². The number of aromatic nitrogens is 2. The smallest absolute Gasteiger partial charge is 0.269 e. The fraction of sp³-hybridized carbons (Fsp3) is 0.318. The van der Waals surface area contributed by atoms with E-state index in [0.29, 0.717) is 17.6 Å². The normalized spacial score (nSPS) is 15.7. The summed E-state index contributed by atoms with van der Waals surface area (Å²) in [5, 5.41) is 3.09. The number of amides is 1. The van der Waals surface area contributed by atoms with Gasteiger partial charge in [0.05, 0.1) is 17.2 Å². The molecule has 1 saturated carbocycles. The number of carbonyl (C=O) groups is 1. The summed E-state index contributed by atoms with van der Waals surface area (Å²) in [6.45, 7) is 0.611. The van der Waals surface area contributed by atoms with Crippen molar-refractivity contribution in [3.8, 4) is 0 Å². The zero-order valence-electron chi connectivity index (χ0n) is 15.2. The number of carbonyl (C=O) groups excluding carboxylic acids is 1. The standard InChI is InChI=1S/C22H23N3O2/c26-20(15-25-19-11-5-4-10-18(19)23-14-21(25)27)24-16-22(12-6-7-13-22)17-8-2-1-3-9-17/h1-5,8-11,14H,6-7,12-13,15-16H2,(H,24,26). The highest BCUT2D eigenvalue weighted by molar-refractivity contribution is 5.80. The largest absolute Gasteiger partial charge is 0.354 e. The summed E-state index contributed by atoms with van der Waals surface area (Å²) in [6.07, 6.45) is 5.79. The lowest BCUT2D eigenvalue weighted by atomic mass is 9.79. The van der Waals surface area contributed by atoms with Crippen molar-refractivity contribution >= 4 is 16.9 Å². The first-order valence-electron chi connectivity index (χ1n) is 9.45. The highest BCUT2D eigenvalue weighted by atomic mass is 16.2. The fourth-order valence-corrected chi connectivity index (χ4v) is 4.16. The highest BCUT2D eigenvalue weighted by Crippen LogP contribution is 2.40. The maximum Gasteiger partial charge on any atom is 0.269 e. The number of nitrogens with one attached hydrogen (secondary N) is 1. The molecule has 2 aromatic carbocycles. The van der Waals surface area contributed by atoms with Crippen molar-refractivity contribution in [2.24, 2.45) is 0 Å². The summed E-state index contributed by atoms with van der Waals surface area (Å²) >= 11 is 0. The molecule has 0 radical (unpaired) electrons. The molecule has 1 aliphatic carbocycles. The summed E-state index contributed by atoms with van der Waals surface area (Å²) in [4.78, 5) is 29.0. The Morgan fingerprint density at radius 2 is 1.74 bits per heavy atom. The number of para-hydroxylation sites is 2. The molecule has 0 aliphatic heterocycles. The maximum atomic E-state index is 12.6. The Balaban J connectivity index is 1.52. The van der Waals surface area contributed by atoms with E-state index in [4.69, 9.17) is 0 Å². The minimum atomic E-state index is -0.262. The monoisotopic (exact) mass is 361 g/mol. The van der Waals surface area contributed by atoms with Crippen molar-refractivity contribution in [1.29, 1.82) is 0 Å². The Kier molecular flexibility index (Phi) is 4.75. The van der Waals surface area contributed by atoms with E-state index in [1.807, 2.05) is 30.3 Å². The molecule has 3 aromatic rings. The molecule has 138 valence electrons. The number of hydrogen-bond donors (Lipinski definition) is 1.